The first-order valence-corrected chi connectivity index (χ1v) is 10.1. The Kier molecular flexibility index (Phi) is 6.16. The molecule has 0 saturated carbocycles. The Bertz CT molecular complexity index is 1080. The molecule has 1 fully saturated rings. The van der Waals surface area contributed by atoms with Crippen LogP contribution >= 0.6 is 0 Å². The zero-order valence-electron chi connectivity index (χ0n) is 18.1. The number of ether oxygens (including phenoxy) is 4. The van der Waals surface area contributed by atoms with Gasteiger partial charge in [-0.05, 0) is 59.7 Å². The number of nitrogens with zero attached hydrogens (tertiary/aromatic N) is 1. The van der Waals surface area contributed by atoms with Gasteiger partial charge in [0.2, 0.25) is 6.10 Å². The highest BCUT2D eigenvalue weighted by Crippen LogP contribution is 2.41. The summed E-state index contributed by atoms with van der Waals surface area (Å²) in [6.07, 6.45) is -0.707. The monoisotopic (exact) mass is 437 g/mol. The standard InChI is InChI=1S/C25H24FNO5/c1-29-19-9-11-20(12-10-19)32-24-23(17-6-13-21(30-2)22(14-17)31-3)27(25(24)28)15-16-4-7-18(26)8-5-16/h4-14,23-24H,15H2,1-3H3/t23-,24+/m1/s1. The average Bonchev–Trinajstić information content (AvgIpc) is 2.84. The summed E-state index contributed by atoms with van der Waals surface area (Å²) in [6, 6.07) is 18.4. The fourth-order valence-electron chi connectivity index (χ4n) is 3.79. The van der Waals surface area contributed by atoms with Gasteiger partial charge in [-0.3, -0.25) is 4.79 Å². The minimum Gasteiger partial charge on any atom is -0.497 e. The minimum atomic E-state index is -0.707. The van der Waals surface area contributed by atoms with Crippen LogP contribution in [0.25, 0.3) is 0 Å². The Labute approximate surface area is 186 Å². The van der Waals surface area contributed by atoms with E-state index in [-0.39, 0.29) is 17.8 Å². The van der Waals surface area contributed by atoms with Crippen LogP contribution in [0.4, 0.5) is 4.39 Å². The van der Waals surface area contributed by atoms with E-state index in [0.29, 0.717) is 29.5 Å². The second kappa shape index (κ2) is 9.18. The van der Waals surface area contributed by atoms with Crippen LogP contribution in [0.2, 0.25) is 0 Å². The van der Waals surface area contributed by atoms with Crippen molar-refractivity contribution in [3.05, 3.63) is 83.7 Å². The summed E-state index contributed by atoms with van der Waals surface area (Å²) in [6.45, 7) is 0.334. The van der Waals surface area contributed by atoms with Crippen molar-refractivity contribution in [1.82, 2.24) is 4.90 Å². The maximum atomic E-state index is 13.3. The summed E-state index contributed by atoms with van der Waals surface area (Å²) < 4.78 is 35.3. The lowest BCUT2D eigenvalue weighted by atomic mass is 9.89. The molecule has 1 aliphatic rings. The van der Waals surface area contributed by atoms with Crippen molar-refractivity contribution < 1.29 is 28.1 Å². The molecule has 0 aliphatic carbocycles. The van der Waals surface area contributed by atoms with Crippen molar-refractivity contribution in [2.24, 2.45) is 0 Å². The number of carbonyl (C=O) groups excluding carboxylic acids is 1. The molecule has 0 bridgehead atoms. The summed E-state index contributed by atoms with van der Waals surface area (Å²) in [5.74, 6) is 1.96. The molecule has 166 valence electrons. The number of rotatable bonds is 8. The zero-order valence-corrected chi connectivity index (χ0v) is 18.1. The largest absolute Gasteiger partial charge is 0.497 e. The number of benzene rings is 3. The number of halogens is 1. The van der Waals surface area contributed by atoms with Crippen molar-refractivity contribution in [3.8, 4) is 23.0 Å². The molecular weight excluding hydrogens is 413 g/mol. The van der Waals surface area contributed by atoms with Crippen molar-refractivity contribution in [1.29, 1.82) is 0 Å². The lowest BCUT2D eigenvalue weighted by molar-refractivity contribution is -0.165. The van der Waals surface area contributed by atoms with Gasteiger partial charge in [0.15, 0.2) is 11.5 Å². The van der Waals surface area contributed by atoms with Crippen LogP contribution in [0.15, 0.2) is 66.7 Å². The predicted molar refractivity (Wildman–Crippen MR) is 117 cm³/mol. The molecule has 0 spiro atoms. The van der Waals surface area contributed by atoms with E-state index in [9.17, 15) is 9.18 Å². The quantitative estimate of drug-likeness (QED) is 0.490. The van der Waals surface area contributed by atoms with E-state index in [1.165, 1.54) is 12.1 Å². The first-order chi connectivity index (χ1) is 15.5. The minimum absolute atomic E-state index is 0.148. The van der Waals surface area contributed by atoms with Crippen LogP contribution in [0.3, 0.4) is 0 Å². The number of β-lactam (4-membered cyclic amide) rings is 1. The normalized spacial score (nSPS) is 17.5. The van der Waals surface area contributed by atoms with Crippen LogP contribution in [-0.4, -0.2) is 38.2 Å². The highest BCUT2D eigenvalue weighted by Gasteiger charge is 2.50. The molecule has 0 radical (unpaired) electrons. The van der Waals surface area contributed by atoms with Crippen LogP contribution < -0.4 is 18.9 Å². The third-order valence-electron chi connectivity index (χ3n) is 5.49. The van der Waals surface area contributed by atoms with E-state index in [1.54, 1.807) is 68.7 Å². The topological polar surface area (TPSA) is 57.2 Å². The van der Waals surface area contributed by atoms with Gasteiger partial charge < -0.3 is 23.8 Å². The van der Waals surface area contributed by atoms with E-state index in [4.69, 9.17) is 18.9 Å². The molecule has 1 aliphatic heterocycles. The summed E-state index contributed by atoms with van der Waals surface area (Å²) >= 11 is 0. The Morgan fingerprint density at radius 3 is 2.09 bits per heavy atom. The SMILES string of the molecule is COc1ccc(O[C@@H]2C(=O)N(Cc3ccc(F)cc3)[C@@H]2c2ccc(OC)c(OC)c2)cc1. The van der Waals surface area contributed by atoms with Gasteiger partial charge in [0, 0.05) is 6.54 Å². The molecule has 0 N–H and O–H groups in total. The van der Waals surface area contributed by atoms with Crippen molar-refractivity contribution >= 4 is 5.91 Å². The van der Waals surface area contributed by atoms with E-state index >= 15 is 0 Å². The maximum absolute atomic E-state index is 13.3. The van der Waals surface area contributed by atoms with Gasteiger partial charge in [-0.25, -0.2) is 4.39 Å². The summed E-state index contributed by atoms with van der Waals surface area (Å²) in [5, 5.41) is 0. The van der Waals surface area contributed by atoms with E-state index in [1.807, 2.05) is 12.1 Å². The molecule has 3 aromatic rings. The lowest BCUT2D eigenvalue weighted by Gasteiger charge is -2.47. The predicted octanol–water partition coefficient (Wildman–Crippen LogP) is 4.38. The zero-order chi connectivity index (χ0) is 22.7. The highest BCUT2D eigenvalue weighted by atomic mass is 19.1. The average molecular weight is 437 g/mol. The van der Waals surface area contributed by atoms with Gasteiger partial charge in [-0.2, -0.15) is 0 Å². The van der Waals surface area contributed by atoms with Gasteiger partial charge in [-0.1, -0.05) is 18.2 Å². The lowest BCUT2D eigenvalue weighted by Crippen LogP contribution is -2.60. The highest BCUT2D eigenvalue weighted by molar-refractivity contribution is 5.89. The van der Waals surface area contributed by atoms with Gasteiger partial charge >= 0.3 is 0 Å². The Hall–Kier alpha value is -3.74. The summed E-state index contributed by atoms with van der Waals surface area (Å²) in [7, 11) is 4.72. The fourth-order valence-corrected chi connectivity index (χ4v) is 3.79. The van der Waals surface area contributed by atoms with Gasteiger partial charge in [-0.15, -0.1) is 0 Å². The molecule has 1 heterocycles. The molecule has 0 aromatic heterocycles. The number of likely N-dealkylation sites (tertiary alicyclic amines) is 1. The van der Waals surface area contributed by atoms with E-state index in [2.05, 4.69) is 0 Å². The number of amides is 1. The number of hydrogen-bond donors (Lipinski definition) is 0. The van der Waals surface area contributed by atoms with Gasteiger partial charge in [0.05, 0.1) is 21.3 Å². The maximum Gasteiger partial charge on any atom is 0.267 e. The Morgan fingerprint density at radius 1 is 0.812 bits per heavy atom. The first-order valence-electron chi connectivity index (χ1n) is 10.1. The Morgan fingerprint density at radius 2 is 1.47 bits per heavy atom. The molecular formula is C25H24FNO5. The van der Waals surface area contributed by atoms with Crippen LogP contribution in [0.5, 0.6) is 23.0 Å². The van der Waals surface area contributed by atoms with Crippen molar-refractivity contribution in [2.75, 3.05) is 21.3 Å². The smallest absolute Gasteiger partial charge is 0.267 e. The third-order valence-corrected chi connectivity index (χ3v) is 5.49. The van der Waals surface area contributed by atoms with Crippen LogP contribution in [-0.2, 0) is 11.3 Å². The fraction of sp³-hybridized carbons (Fsp3) is 0.240. The van der Waals surface area contributed by atoms with Crippen LogP contribution in [0, 0.1) is 5.82 Å². The van der Waals surface area contributed by atoms with Crippen molar-refractivity contribution in [3.63, 3.8) is 0 Å². The first kappa shape index (κ1) is 21.5. The number of methoxy groups -OCH3 is 3. The second-order valence-corrected chi connectivity index (χ2v) is 7.37. The van der Waals surface area contributed by atoms with E-state index < -0.39 is 6.10 Å². The van der Waals surface area contributed by atoms with Crippen LogP contribution in [0.1, 0.15) is 17.2 Å². The van der Waals surface area contributed by atoms with Gasteiger partial charge in [0.1, 0.15) is 23.4 Å². The van der Waals surface area contributed by atoms with Gasteiger partial charge in [0.25, 0.3) is 5.91 Å². The second-order valence-electron chi connectivity index (χ2n) is 7.37. The molecule has 3 aromatic carbocycles. The Balaban J connectivity index is 1.64. The molecule has 6 nitrogen and oxygen atoms in total. The molecule has 0 unspecified atom stereocenters. The van der Waals surface area contributed by atoms with E-state index in [0.717, 1.165) is 11.1 Å². The number of carbonyl (C=O) groups is 1. The molecule has 32 heavy (non-hydrogen) atoms. The molecule has 2 atom stereocenters. The summed E-state index contributed by atoms with van der Waals surface area (Å²) in [4.78, 5) is 14.8. The molecule has 7 heteroatoms. The molecule has 1 saturated heterocycles. The number of hydrogen-bond acceptors (Lipinski definition) is 5. The summed E-state index contributed by atoms with van der Waals surface area (Å²) in [5.41, 5.74) is 1.68. The third kappa shape index (κ3) is 4.19. The molecule has 1 amide bonds. The van der Waals surface area contributed by atoms with Crippen molar-refractivity contribution in [2.45, 2.75) is 18.7 Å². The molecule has 4 rings (SSSR count).